The van der Waals surface area contributed by atoms with Crippen molar-refractivity contribution in [3.63, 3.8) is 0 Å². The molecule has 3 rings (SSSR count). The summed E-state index contributed by atoms with van der Waals surface area (Å²) in [5, 5.41) is 8.65. The Bertz CT molecular complexity index is 713. The number of aryl methyl sites for hydroxylation is 2. The predicted molar refractivity (Wildman–Crippen MR) is 96.2 cm³/mol. The minimum atomic E-state index is -0.225. The molecule has 24 heavy (non-hydrogen) atoms. The second-order valence-electron chi connectivity index (χ2n) is 6.31. The molecule has 0 saturated heterocycles. The molecule has 2 aromatic rings. The van der Waals surface area contributed by atoms with Crippen molar-refractivity contribution >= 4 is 23.1 Å². The molecule has 0 spiro atoms. The van der Waals surface area contributed by atoms with Crippen molar-refractivity contribution in [2.24, 2.45) is 0 Å². The van der Waals surface area contributed by atoms with Crippen molar-refractivity contribution in [3.8, 4) is 0 Å². The van der Waals surface area contributed by atoms with Gasteiger partial charge < -0.3 is 15.5 Å². The lowest BCUT2D eigenvalue weighted by Gasteiger charge is -2.15. The lowest BCUT2D eigenvalue weighted by atomic mass is 9.96. The Kier molecular flexibility index (Phi) is 5.42. The molecule has 1 aliphatic rings. The first-order valence-electron chi connectivity index (χ1n) is 8.21. The van der Waals surface area contributed by atoms with Crippen molar-refractivity contribution in [2.45, 2.75) is 38.8 Å². The highest BCUT2D eigenvalue weighted by Crippen LogP contribution is 2.21. The number of fused-ring (bicyclic) bond motifs is 1. The summed E-state index contributed by atoms with van der Waals surface area (Å²) < 4.78 is 0. The van der Waals surface area contributed by atoms with Crippen LogP contribution in [0.4, 0.5) is 10.5 Å². The highest BCUT2D eigenvalue weighted by Gasteiger charge is 2.12. The molecule has 0 fully saturated rings. The number of aromatic nitrogens is 2. The normalized spacial score (nSPS) is 13.6. The fourth-order valence-electron chi connectivity index (χ4n) is 2.81. The number of anilines is 1. The van der Waals surface area contributed by atoms with Crippen LogP contribution in [0.3, 0.4) is 0 Å². The summed E-state index contributed by atoms with van der Waals surface area (Å²) in [4.78, 5) is 23.1. The number of thiazole rings is 1. The average molecular weight is 345 g/mol. The van der Waals surface area contributed by atoms with E-state index in [-0.39, 0.29) is 6.03 Å². The molecule has 6 nitrogen and oxygen atoms in total. The molecule has 0 unspecified atom stereocenters. The Morgan fingerprint density at radius 1 is 1.33 bits per heavy atom. The molecule has 1 aliphatic carbocycles. The largest absolute Gasteiger partial charge is 0.331 e. The van der Waals surface area contributed by atoms with Crippen LogP contribution in [-0.4, -0.2) is 35.0 Å². The Morgan fingerprint density at radius 2 is 2.17 bits per heavy atom. The number of carbonyl (C=O) groups is 1. The number of hydrogen-bond donors (Lipinski definition) is 2. The Hall–Kier alpha value is -1.99. The van der Waals surface area contributed by atoms with Crippen LogP contribution in [-0.2, 0) is 25.9 Å². The zero-order chi connectivity index (χ0) is 16.9. The van der Waals surface area contributed by atoms with Crippen LogP contribution in [0.15, 0.2) is 17.6 Å². The summed E-state index contributed by atoms with van der Waals surface area (Å²) in [6.07, 6.45) is 6.23. The van der Waals surface area contributed by atoms with Gasteiger partial charge in [-0.15, -0.1) is 11.3 Å². The van der Waals surface area contributed by atoms with E-state index in [1.165, 1.54) is 24.1 Å². The van der Waals surface area contributed by atoms with E-state index >= 15 is 0 Å². The molecule has 2 heterocycles. The molecule has 128 valence electrons. The molecule has 0 atom stereocenters. The summed E-state index contributed by atoms with van der Waals surface area (Å²) >= 11 is 1.57. The van der Waals surface area contributed by atoms with Crippen molar-refractivity contribution in [1.82, 2.24) is 20.2 Å². The molecule has 2 amide bonds. The highest BCUT2D eigenvalue weighted by molar-refractivity contribution is 7.09. The zero-order valence-corrected chi connectivity index (χ0v) is 14.9. The number of amides is 2. The molecule has 2 aromatic heterocycles. The first-order chi connectivity index (χ1) is 11.6. The monoisotopic (exact) mass is 345 g/mol. The van der Waals surface area contributed by atoms with E-state index in [1.807, 2.05) is 25.5 Å². The molecule has 0 aromatic carbocycles. The average Bonchev–Trinajstić information content (AvgIpc) is 2.99. The molecule has 0 saturated carbocycles. The van der Waals surface area contributed by atoms with Crippen molar-refractivity contribution in [3.05, 3.63) is 39.6 Å². The van der Waals surface area contributed by atoms with Crippen LogP contribution in [0, 0.1) is 0 Å². The maximum atomic E-state index is 12.1. The summed E-state index contributed by atoms with van der Waals surface area (Å²) in [6.45, 7) is 1.24. The number of nitrogens with zero attached hydrogens (tertiary/aromatic N) is 3. The first-order valence-corrected chi connectivity index (χ1v) is 9.09. The van der Waals surface area contributed by atoms with E-state index in [2.05, 4.69) is 25.5 Å². The second kappa shape index (κ2) is 7.72. The minimum absolute atomic E-state index is 0.225. The summed E-state index contributed by atoms with van der Waals surface area (Å²) in [7, 11) is 4.02. The van der Waals surface area contributed by atoms with Gasteiger partial charge in [0.2, 0.25) is 0 Å². The topological polar surface area (TPSA) is 70.2 Å². The van der Waals surface area contributed by atoms with Crippen LogP contribution in [0.2, 0.25) is 0 Å². The SMILES string of the molecule is CN(C)Cc1csc(CNC(=O)Nc2cnc3c(c2)CCCC3)n1. The Balaban J connectivity index is 1.51. The minimum Gasteiger partial charge on any atom is -0.331 e. The third-order valence-electron chi connectivity index (χ3n) is 3.91. The van der Waals surface area contributed by atoms with E-state index in [4.69, 9.17) is 0 Å². The smallest absolute Gasteiger partial charge is 0.319 e. The van der Waals surface area contributed by atoms with Gasteiger partial charge >= 0.3 is 6.03 Å². The summed E-state index contributed by atoms with van der Waals surface area (Å²) in [5.74, 6) is 0. The van der Waals surface area contributed by atoms with Gasteiger partial charge in [0.05, 0.1) is 24.1 Å². The maximum absolute atomic E-state index is 12.1. The molecular weight excluding hydrogens is 322 g/mol. The quantitative estimate of drug-likeness (QED) is 0.874. The van der Waals surface area contributed by atoms with E-state index < -0.39 is 0 Å². The van der Waals surface area contributed by atoms with Gasteiger partial charge in [0.15, 0.2) is 0 Å². The maximum Gasteiger partial charge on any atom is 0.319 e. The first kappa shape index (κ1) is 16.9. The van der Waals surface area contributed by atoms with Gasteiger partial charge in [-0.1, -0.05) is 0 Å². The number of rotatable bonds is 5. The molecule has 0 bridgehead atoms. The van der Waals surface area contributed by atoms with Crippen LogP contribution >= 0.6 is 11.3 Å². The van der Waals surface area contributed by atoms with Gasteiger partial charge in [-0.25, -0.2) is 9.78 Å². The van der Waals surface area contributed by atoms with Crippen LogP contribution in [0.1, 0.15) is 34.8 Å². The van der Waals surface area contributed by atoms with Gasteiger partial charge in [-0.05, 0) is 51.4 Å². The molecular formula is C17H23N5OS. The number of carbonyl (C=O) groups excluding carboxylic acids is 1. The second-order valence-corrected chi connectivity index (χ2v) is 7.26. The number of hydrogen-bond acceptors (Lipinski definition) is 5. The lowest BCUT2D eigenvalue weighted by Crippen LogP contribution is -2.28. The van der Waals surface area contributed by atoms with Crippen molar-refractivity contribution in [1.29, 1.82) is 0 Å². The predicted octanol–water partition coefficient (Wildman–Crippen LogP) is 2.80. The van der Waals surface area contributed by atoms with Crippen molar-refractivity contribution in [2.75, 3.05) is 19.4 Å². The van der Waals surface area contributed by atoms with Crippen LogP contribution < -0.4 is 10.6 Å². The number of pyridine rings is 1. The van der Waals surface area contributed by atoms with Gasteiger partial charge in [0.1, 0.15) is 5.01 Å². The molecule has 7 heteroatoms. The molecule has 2 N–H and O–H groups in total. The van der Waals surface area contributed by atoms with Gasteiger partial charge in [-0.3, -0.25) is 4.98 Å². The Morgan fingerprint density at radius 3 is 3.00 bits per heavy atom. The summed E-state index contributed by atoms with van der Waals surface area (Å²) in [5.41, 5.74) is 4.21. The van der Waals surface area contributed by atoms with E-state index in [0.29, 0.717) is 6.54 Å². The third kappa shape index (κ3) is 4.52. The highest BCUT2D eigenvalue weighted by atomic mass is 32.1. The number of urea groups is 1. The molecule has 0 radical (unpaired) electrons. The number of nitrogens with one attached hydrogen (secondary N) is 2. The fourth-order valence-corrected chi connectivity index (χ4v) is 3.54. The van der Waals surface area contributed by atoms with Crippen LogP contribution in [0.25, 0.3) is 0 Å². The molecule has 0 aliphatic heterocycles. The van der Waals surface area contributed by atoms with Crippen LogP contribution in [0.5, 0.6) is 0 Å². The zero-order valence-electron chi connectivity index (χ0n) is 14.1. The van der Waals surface area contributed by atoms with E-state index in [0.717, 1.165) is 35.8 Å². The van der Waals surface area contributed by atoms with Gasteiger partial charge in [0, 0.05) is 17.6 Å². The third-order valence-corrected chi connectivity index (χ3v) is 4.80. The van der Waals surface area contributed by atoms with Crippen molar-refractivity contribution < 1.29 is 4.79 Å². The van der Waals surface area contributed by atoms with Gasteiger partial charge in [0.25, 0.3) is 0 Å². The Labute approximate surface area is 146 Å². The van der Waals surface area contributed by atoms with E-state index in [9.17, 15) is 4.79 Å². The fraction of sp³-hybridized carbons (Fsp3) is 0.471. The standard InChI is InChI=1S/C17H23N5OS/c1-22(2)10-14-11-24-16(20-14)9-19-17(23)21-13-7-12-5-3-4-6-15(12)18-8-13/h7-8,11H,3-6,9-10H2,1-2H3,(H2,19,21,23). The van der Waals surface area contributed by atoms with Gasteiger partial charge in [-0.2, -0.15) is 0 Å². The van der Waals surface area contributed by atoms with E-state index in [1.54, 1.807) is 17.5 Å². The summed E-state index contributed by atoms with van der Waals surface area (Å²) in [6, 6.07) is 1.82. The lowest BCUT2D eigenvalue weighted by molar-refractivity contribution is 0.251.